The average molecular weight is 283 g/mol. The number of aliphatic carboxylic acids is 1. The number of carbonyl (C=O) groups is 1. The molecule has 1 N–H and O–H groups in total. The number of fused-ring (bicyclic) bond motifs is 1. The standard InChI is InChI=1S/C13H15BrO2/c1-8(13(15)16)10-6-5-9-3-2-4-12(14)11(9)7-10/h2-4,8,10H,5-7H2,1H3,(H,15,16). The topological polar surface area (TPSA) is 37.3 Å². The SMILES string of the molecule is CC(C(=O)O)C1CCc2cccc(Br)c2C1. The van der Waals surface area contributed by atoms with Crippen molar-refractivity contribution in [2.24, 2.45) is 11.8 Å². The number of carboxylic acids is 1. The van der Waals surface area contributed by atoms with Crippen LogP contribution in [-0.4, -0.2) is 11.1 Å². The van der Waals surface area contributed by atoms with E-state index in [4.69, 9.17) is 5.11 Å². The molecule has 2 atom stereocenters. The quantitative estimate of drug-likeness (QED) is 0.904. The Hall–Kier alpha value is -0.830. The maximum absolute atomic E-state index is 11.0. The third-order valence-corrected chi connectivity index (χ3v) is 4.31. The molecule has 0 heterocycles. The van der Waals surface area contributed by atoms with Gasteiger partial charge in [0.05, 0.1) is 5.92 Å². The van der Waals surface area contributed by atoms with Crippen LogP contribution in [0.15, 0.2) is 22.7 Å². The zero-order valence-corrected chi connectivity index (χ0v) is 10.8. The monoisotopic (exact) mass is 282 g/mol. The molecule has 0 fully saturated rings. The van der Waals surface area contributed by atoms with Crippen molar-refractivity contribution in [1.82, 2.24) is 0 Å². The molecule has 2 unspecified atom stereocenters. The number of hydrogen-bond donors (Lipinski definition) is 1. The van der Waals surface area contributed by atoms with Crippen LogP contribution in [0.5, 0.6) is 0 Å². The molecule has 0 saturated carbocycles. The molecule has 0 amide bonds. The Bertz CT molecular complexity index is 414. The van der Waals surface area contributed by atoms with Crippen molar-refractivity contribution in [3.05, 3.63) is 33.8 Å². The predicted octanol–water partition coefficient (Wildman–Crippen LogP) is 3.27. The summed E-state index contributed by atoms with van der Waals surface area (Å²) in [5.41, 5.74) is 2.66. The minimum Gasteiger partial charge on any atom is -0.481 e. The van der Waals surface area contributed by atoms with E-state index in [1.807, 2.05) is 19.1 Å². The van der Waals surface area contributed by atoms with Gasteiger partial charge in [-0.25, -0.2) is 0 Å². The zero-order chi connectivity index (χ0) is 11.7. The summed E-state index contributed by atoms with van der Waals surface area (Å²) in [6, 6.07) is 6.22. The minimum absolute atomic E-state index is 0.250. The van der Waals surface area contributed by atoms with Gasteiger partial charge in [-0.05, 0) is 42.4 Å². The van der Waals surface area contributed by atoms with E-state index in [2.05, 4.69) is 22.0 Å². The first kappa shape index (κ1) is 11.6. The van der Waals surface area contributed by atoms with Crippen molar-refractivity contribution in [2.45, 2.75) is 26.2 Å². The van der Waals surface area contributed by atoms with Gasteiger partial charge in [-0.15, -0.1) is 0 Å². The van der Waals surface area contributed by atoms with Crippen molar-refractivity contribution in [3.8, 4) is 0 Å². The molecule has 2 rings (SSSR count). The lowest BCUT2D eigenvalue weighted by molar-refractivity contribution is -0.143. The van der Waals surface area contributed by atoms with Gasteiger partial charge in [0.1, 0.15) is 0 Å². The first-order valence-electron chi connectivity index (χ1n) is 5.58. The number of rotatable bonds is 2. The van der Waals surface area contributed by atoms with Gasteiger partial charge in [0.2, 0.25) is 0 Å². The second kappa shape index (κ2) is 4.58. The molecule has 16 heavy (non-hydrogen) atoms. The highest BCUT2D eigenvalue weighted by Crippen LogP contribution is 2.34. The van der Waals surface area contributed by atoms with Crippen LogP contribution in [0.1, 0.15) is 24.5 Å². The lowest BCUT2D eigenvalue weighted by atomic mass is 9.78. The molecule has 1 aliphatic rings. The molecule has 2 nitrogen and oxygen atoms in total. The van der Waals surface area contributed by atoms with Crippen LogP contribution in [0.25, 0.3) is 0 Å². The maximum Gasteiger partial charge on any atom is 0.306 e. The fraction of sp³-hybridized carbons (Fsp3) is 0.462. The molecule has 0 saturated heterocycles. The van der Waals surface area contributed by atoms with Gasteiger partial charge >= 0.3 is 5.97 Å². The second-order valence-corrected chi connectivity index (χ2v) is 5.36. The van der Waals surface area contributed by atoms with Crippen LogP contribution in [0.4, 0.5) is 0 Å². The van der Waals surface area contributed by atoms with E-state index < -0.39 is 5.97 Å². The van der Waals surface area contributed by atoms with Gasteiger partial charge in [-0.3, -0.25) is 4.79 Å². The Balaban J connectivity index is 2.23. The van der Waals surface area contributed by atoms with Crippen LogP contribution in [0.3, 0.4) is 0 Å². The maximum atomic E-state index is 11.0. The van der Waals surface area contributed by atoms with Crippen molar-refractivity contribution in [2.75, 3.05) is 0 Å². The fourth-order valence-corrected chi connectivity index (χ4v) is 2.97. The average Bonchev–Trinajstić information content (AvgIpc) is 2.28. The Labute approximate surface area is 104 Å². The van der Waals surface area contributed by atoms with Gasteiger partial charge in [0.15, 0.2) is 0 Å². The van der Waals surface area contributed by atoms with E-state index in [-0.39, 0.29) is 11.8 Å². The largest absolute Gasteiger partial charge is 0.481 e. The zero-order valence-electron chi connectivity index (χ0n) is 9.24. The molecular formula is C13H15BrO2. The fourth-order valence-electron chi connectivity index (χ4n) is 2.40. The van der Waals surface area contributed by atoms with Gasteiger partial charge in [0, 0.05) is 4.47 Å². The van der Waals surface area contributed by atoms with Gasteiger partial charge < -0.3 is 5.11 Å². The molecule has 0 bridgehead atoms. The molecule has 1 aliphatic carbocycles. The predicted molar refractivity (Wildman–Crippen MR) is 66.5 cm³/mol. The highest BCUT2D eigenvalue weighted by atomic mass is 79.9. The smallest absolute Gasteiger partial charge is 0.306 e. The van der Waals surface area contributed by atoms with Crippen LogP contribution in [-0.2, 0) is 17.6 Å². The summed E-state index contributed by atoms with van der Waals surface area (Å²) >= 11 is 3.55. The first-order valence-corrected chi connectivity index (χ1v) is 6.38. The Morgan fingerprint density at radius 3 is 3.00 bits per heavy atom. The molecule has 86 valence electrons. The molecule has 1 aromatic rings. The molecule has 1 aromatic carbocycles. The lowest BCUT2D eigenvalue weighted by Gasteiger charge is -2.28. The molecule has 3 heteroatoms. The van der Waals surface area contributed by atoms with E-state index in [1.54, 1.807) is 0 Å². The molecular weight excluding hydrogens is 268 g/mol. The van der Waals surface area contributed by atoms with Crippen LogP contribution < -0.4 is 0 Å². The first-order chi connectivity index (χ1) is 7.59. The third-order valence-electron chi connectivity index (χ3n) is 3.56. The third kappa shape index (κ3) is 2.14. The summed E-state index contributed by atoms with van der Waals surface area (Å²) < 4.78 is 1.12. The number of aryl methyl sites for hydroxylation is 1. The van der Waals surface area contributed by atoms with E-state index in [0.717, 1.165) is 23.7 Å². The van der Waals surface area contributed by atoms with Gasteiger partial charge in [0.25, 0.3) is 0 Å². The summed E-state index contributed by atoms with van der Waals surface area (Å²) in [5.74, 6) is -0.663. The van der Waals surface area contributed by atoms with E-state index in [9.17, 15) is 4.79 Å². The number of halogens is 1. The Morgan fingerprint density at radius 2 is 2.31 bits per heavy atom. The minimum atomic E-state index is -0.680. The van der Waals surface area contributed by atoms with Crippen LogP contribution >= 0.6 is 15.9 Å². The Kier molecular flexibility index (Phi) is 3.33. The number of hydrogen-bond acceptors (Lipinski definition) is 1. The van der Waals surface area contributed by atoms with Crippen molar-refractivity contribution in [1.29, 1.82) is 0 Å². The highest BCUT2D eigenvalue weighted by molar-refractivity contribution is 9.10. The number of benzene rings is 1. The number of carboxylic acid groups (broad SMARTS) is 1. The van der Waals surface area contributed by atoms with Crippen LogP contribution in [0, 0.1) is 11.8 Å². The van der Waals surface area contributed by atoms with E-state index in [0.29, 0.717) is 0 Å². The van der Waals surface area contributed by atoms with E-state index >= 15 is 0 Å². The molecule has 0 aromatic heterocycles. The highest BCUT2D eigenvalue weighted by Gasteiger charge is 2.28. The van der Waals surface area contributed by atoms with E-state index in [1.165, 1.54) is 11.1 Å². The van der Waals surface area contributed by atoms with Crippen molar-refractivity contribution in [3.63, 3.8) is 0 Å². The summed E-state index contributed by atoms with van der Waals surface area (Å²) in [6.45, 7) is 1.81. The van der Waals surface area contributed by atoms with Gasteiger partial charge in [-0.1, -0.05) is 35.0 Å². The molecule has 0 aliphatic heterocycles. The summed E-state index contributed by atoms with van der Waals surface area (Å²) in [5, 5.41) is 9.04. The second-order valence-electron chi connectivity index (χ2n) is 4.51. The summed E-state index contributed by atoms with van der Waals surface area (Å²) in [4.78, 5) is 11.0. The van der Waals surface area contributed by atoms with Gasteiger partial charge in [-0.2, -0.15) is 0 Å². The Morgan fingerprint density at radius 1 is 1.56 bits per heavy atom. The van der Waals surface area contributed by atoms with Crippen molar-refractivity contribution < 1.29 is 9.90 Å². The van der Waals surface area contributed by atoms with Crippen LogP contribution in [0.2, 0.25) is 0 Å². The summed E-state index contributed by atoms with van der Waals surface area (Å²) in [6.07, 6.45) is 2.86. The van der Waals surface area contributed by atoms with Crippen molar-refractivity contribution >= 4 is 21.9 Å². The molecule has 0 spiro atoms. The normalized spacial score (nSPS) is 21.2. The molecule has 0 radical (unpaired) electrons. The summed E-state index contributed by atoms with van der Waals surface area (Å²) in [7, 11) is 0. The lowest BCUT2D eigenvalue weighted by Crippen LogP contribution is -2.26.